The Morgan fingerprint density at radius 1 is 1.00 bits per heavy atom. The van der Waals surface area contributed by atoms with Crippen LogP contribution in [0.3, 0.4) is 0 Å². The molecule has 0 saturated heterocycles. The van der Waals surface area contributed by atoms with E-state index in [4.69, 9.17) is 26.3 Å². The number of nitrogens with zero attached hydrogens (tertiary/aromatic N) is 4. The fraction of sp³-hybridized carbons (Fsp3) is 0.226. The molecule has 0 aliphatic rings. The summed E-state index contributed by atoms with van der Waals surface area (Å²) in [5.74, 6) is 0.722. The van der Waals surface area contributed by atoms with Crippen LogP contribution < -0.4 is 25.0 Å². The molecule has 0 bridgehead atoms. The zero-order chi connectivity index (χ0) is 31.5. The van der Waals surface area contributed by atoms with E-state index in [0.717, 1.165) is 17.2 Å². The Morgan fingerprint density at radius 2 is 1.53 bits per heavy atom. The molecule has 0 fully saturated rings. The highest BCUT2D eigenvalue weighted by Crippen LogP contribution is 2.39. The molecule has 0 spiro atoms. The van der Waals surface area contributed by atoms with Crippen molar-refractivity contribution in [1.29, 1.82) is 5.26 Å². The molecule has 2 N–H and O–H groups in total. The Balaban J connectivity index is 0.00000248. The van der Waals surface area contributed by atoms with Crippen LogP contribution in [0.2, 0.25) is 5.02 Å². The van der Waals surface area contributed by atoms with Gasteiger partial charge in [-0.25, -0.2) is 9.37 Å². The standard InChI is InChI=1S/C29H26ClFN6O4.C2H6/c1-33-25-14-26(34-27-23(30)12-20(15-32)13-24(27)31)35-29(28(25)37(38)39)36(16-18-4-8-21(40-2)9-5-18)17-19-6-10-22(41-3)11-7-19;1-2/h4-14H,16-17H2,1-3H3,(H2,33,34,35);1-2H3. The number of benzene rings is 3. The number of ether oxygens (including phenoxy) is 2. The van der Waals surface area contributed by atoms with Crippen molar-refractivity contribution in [3.8, 4) is 17.6 Å². The van der Waals surface area contributed by atoms with Crippen molar-refractivity contribution in [3.63, 3.8) is 0 Å². The number of halogens is 2. The van der Waals surface area contributed by atoms with Gasteiger partial charge in [-0.1, -0.05) is 49.7 Å². The maximum atomic E-state index is 14.9. The van der Waals surface area contributed by atoms with Crippen LogP contribution >= 0.6 is 11.6 Å². The van der Waals surface area contributed by atoms with Crippen molar-refractivity contribution in [2.75, 3.05) is 36.8 Å². The van der Waals surface area contributed by atoms with Crippen molar-refractivity contribution in [2.45, 2.75) is 26.9 Å². The first-order valence-electron chi connectivity index (χ1n) is 13.3. The third-order valence-corrected chi connectivity index (χ3v) is 6.51. The maximum Gasteiger partial charge on any atom is 0.334 e. The summed E-state index contributed by atoms with van der Waals surface area (Å²) >= 11 is 6.25. The van der Waals surface area contributed by atoms with Gasteiger partial charge >= 0.3 is 5.69 Å². The van der Waals surface area contributed by atoms with Crippen molar-refractivity contribution in [3.05, 3.63) is 104 Å². The lowest BCUT2D eigenvalue weighted by Gasteiger charge is -2.25. The molecule has 1 aromatic heterocycles. The Morgan fingerprint density at radius 3 is 1.95 bits per heavy atom. The number of hydrogen-bond acceptors (Lipinski definition) is 9. The lowest BCUT2D eigenvalue weighted by Crippen LogP contribution is -2.25. The highest BCUT2D eigenvalue weighted by molar-refractivity contribution is 6.33. The third-order valence-electron chi connectivity index (χ3n) is 6.22. The number of pyridine rings is 1. The summed E-state index contributed by atoms with van der Waals surface area (Å²) in [4.78, 5) is 18.2. The molecule has 12 heteroatoms. The van der Waals surface area contributed by atoms with Gasteiger partial charge in [0.05, 0.1) is 41.5 Å². The first kappa shape index (κ1) is 32.4. The fourth-order valence-corrected chi connectivity index (χ4v) is 4.43. The molecule has 0 atom stereocenters. The van der Waals surface area contributed by atoms with Gasteiger partial charge in [-0.15, -0.1) is 0 Å². The lowest BCUT2D eigenvalue weighted by molar-refractivity contribution is -0.383. The van der Waals surface area contributed by atoms with Gasteiger partial charge in [-0.3, -0.25) is 10.1 Å². The van der Waals surface area contributed by atoms with E-state index in [1.807, 2.05) is 44.2 Å². The number of methoxy groups -OCH3 is 2. The molecule has 224 valence electrons. The summed E-state index contributed by atoms with van der Waals surface area (Å²) < 4.78 is 25.4. The second kappa shape index (κ2) is 15.2. The van der Waals surface area contributed by atoms with E-state index in [0.29, 0.717) is 11.5 Å². The van der Waals surface area contributed by atoms with Gasteiger partial charge in [0, 0.05) is 26.2 Å². The minimum absolute atomic E-state index is 0.0393. The third kappa shape index (κ3) is 8.02. The van der Waals surface area contributed by atoms with Gasteiger partial charge in [0.15, 0.2) is 0 Å². The molecule has 0 aliphatic carbocycles. The van der Waals surface area contributed by atoms with Crippen molar-refractivity contribution in [2.24, 2.45) is 0 Å². The molecule has 4 rings (SSSR count). The second-order valence-electron chi connectivity index (χ2n) is 8.84. The molecule has 0 radical (unpaired) electrons. The molecule has 0 aliphatic heterocycles. The summed E-state index contributed by atoms with van der Waals surface area (Å²) in [5, 5.41) is 27.1. The molecule has 0 unspecified atom stereocenters. The summed E-state index contributed by atoms with van der Waals surface area (Å²) in [6.45, 7) is 4.50. The van der Waals surface area contributed by atoms with Crippen molar-refractivity contribution < 1.29 is 18.8 Å². The number of nitro groups is 1. The van der Waals surface area contributed by atoms with E-state index in [1.54, 1.807) is 50.4 Å². The van der Waals surface area contributed by atoms with Crippen LogP contribution in [0.15, 0.2) is 66.7 Å². The zero-order valence-electron chi connectivity index (χ0n) is 24.4. The van der Waals surface area contributed by atoms with Gasteiger partial charge in [0.2, 0.25) is 5.82 Å². The van der Waals surface area contributed by atoms with E-state index < -0.39 is 10.7 Å². The minimum atomic E-state index is -0.768. The van der Waals surface area contributed by atoms with Crippen LogP contribution in [-0.2, 0) is 13.1 Å². The lowest BCUT2D eigenvalue weighted by atomic mass is 10.1. The zero-order valence-corrected chi connectivity index (χ0v) is 25.2. The Hall–Kier alpha value is -5.08. The van der Waals surface area contributed by atoms with Crippen LogP contribution in [0.4, 0.5) is 33.1 Å². The van der Waals surface area contributed by atoms with Crippen LogP contribution in [-0.4, -0.2) is 31.2 Å². The minimum Gasteiger partial charge on any atom is -0.497 e. The molecule has 43 heavy (non-hydrogen) atoms. The molecule has 1 heterocycles. The van der Waals surface area contributed by atoms with Crippen LogP contribution in [0.5, 0.6) is 11.5 Å². The maximum absolute atomic E-state index is 14.9. The first-order chi connectivity index (χ1) is 20.8. The predicted molar refractivity (Wildman–Crippen MR) is 167 cm³/mol. The predicted octanol–water partition coefficient (Wildman–Crippen LogP) is 7.69. The van der Waals surface area contributed by atoms with E-state index in [2.05, 4.69) is 15.6 Å². The van der Waals surface area contributed by atoms with Crippen LogP contribution in [0, 0.1) is 27.3 Å². The van der Waals surface area contributed by atoms with Gasteiger partial charge in [0.1, 0.15) is 28.8 Å². The fourth-order valence-electron chi connectivity index (χ4n) is 4.17. The number of nitriles is 1. The number of nitrogens with one attached hydrogen (secondary N) is 2. The summed E-state index contributed by atoms with van der Waals surface area (Å²) in [5.41, 5.74) is 1.53. The Labute approximate surface area is 254 Å². The van der Waals surface area contributed by atoms with Gasteiger partial charge in [-0.2, -0.15) is 5.26 Å². The van der Waals surface area contributed by atoms with E-state index in [1.165, 1.54) is 12.1 Å². The van der Waals surface area contributed by atoms with E-state index in [-0.39, 0.29) is 52.4 Å². The van der Waals surface area contributed by atoms with E-state index in [9.17, 15) is 14.5 Å². The average Bonchev–Trinajstić information content (AvgIpc) is 3.03. The SMILES string of the molecule is CC.CNc1cc(Nc2c(F)cc(C#N)cc2Cl)nc(N(Cc2ccc(OC)cc2)Cc2ccc(OC)cc2)c1[N+](=O)[O-]. The topological polar surface area (TPSA) is 126 Å². The number of hydrogen-bond donors (Lipinski definition) is 2. The number of anilines is 4. The molecule has 0 amide bonds. The molecule has 3 aromatic carbocycles. The molecule has 0 saturated carbocycles. The largest absolute Gasteiger partial charge is 0.497 e. The van der Waals surface area contributed by atoms with Crippen LogP contribution in [0.1, 0.15) is 30.5 Å². The Bertz CT molecular complexity index is 1520. The highest BCUT2D eigenvalue weighted by atomic mass is 35.5. The molecular weight excluding hydrogens is 575 g/mol. The summed E-state index contributed by atoms with van der Waals surface area (Å²) in [6, 6.07) is 20.2. The van der Waals surface area contributed by atoms with Gasteiger partial charge in [0.25, 0.3) is 0 Å². The van der Waals surface area contributed by atoms with Crippen LogP contribution in [0.25, 0.3) is 0 Å². The highest BCUT2D eigenvalue weighted by Gasteiger charge is 2.28. The van der Waals surface area contributed by atoms with E-state index >= 15 is 0 Å². The molecule has 4 aromatic rings. The second-order valence-corrected chi connectivity index (χ2v) is 9.25. The smallest absolute Gasteiger partial charge is 0.334 e. The normalized spacial score (nSPS) is 10.1. The number of aromatic nitrogens is 1. The Kier molecular flexibility index (Phi) is 11.5. The average molecular weight is 607 g/mol. The quantitative estimate of drug-likeness (QED) is 0.130. The molecular formula is C31H32ClFN6O4. The summed E-state index contributed by atoms with van der Waals surface area (Å²) in [6.07, 6.45) is 0. The van der Waals surface area contributed by atoms with Gasteiger partial charge < -0.3 is 25.0 Å². The summed E-state index contributed by atoms with van der Waals surface area (Å²) in [7, 11) is 4.68. The number of rotatable bonds is 11. The first-order valence-corrected chi connectivity index (χ1v) is 13.7. The van der Waals surface area contributed by atoms with Crippen molar-refractivity contribution >= 4 is 40.3 Å². The monoisotopic (exact) mass is 606 g/mol. The van der Waals surface area contributed by atoms with Crippen molar-refractivity contribution in [1.82, 2.24) is 4.98 Å². The van der Waals surface area contributed by atoms with Gasteiger partial charge in [-0.05, 0) is 47.5 Å². The molecule has 10 nitrogen and oxygen atoms in total.